The zero-order valence-corrected chi connectivity index (χ0v) is 11.8. The number of carbonyl (C=O) groups excluding carboxylic acids is 1. The molecule has 5 heteroatoms. The Morgan fingerprint density at radius 2 is 2.16 bits per heavy atom. The van der Waals surface area contributed by atoms with Crippen molar-refractivity contribution in [2.24, 2.45) is 5.73 Å². The van der Waals surface area contributed by atoms with Crippen LogP contribution in [-0.4, -0.2) is 52.9 Å². The van der Waals surface area contributed by atoms with E-state index in [1.54, 1.807) is 11.1 Å². The Kier molecular flexibility index (Phi) is 3.87. The maximum absolute atomic E-state index is 12.3. The van der Waals surface area contributed by atoms with Gasteiger partial charge in [-0.15, -0.1) is 0 Å². The molecular weight excluding hydrogens is 240 g/mol. The van der Waals surface area contributed by atoms with Gasteiger partial charge in [-0.05, 0) is 26.0 Å². The lowest BCUT2D eigenvalue weighted by atomic mass is 9.94. The Bertz CT molecular complexity index is 446. The number of piperazine rings is 1. The third-order valence-corrected chi connectivity index (χ3v) is 3.89. The molecule has 1 aromatic heterocycles. The number of rotatable bonds is 3. The third kappa shape index (κ3) is 2.48. The van der Waals surface area contributed by atoms with Crippen LogP contribution in [0.2, 0.25) is 0 Å². The first kappa shape index (κ1) is 14.0. The van der Waals surface area contributed by atoms with Gasteiger partial charge < -0.3 is 10.6 Å². The zero-order chi connectivity index (χ0) is 14.0. The standard InChI is InChI=1S/C14H22N4O/c1-14(2)13(19)17(3)8-9-18(14)12(10-15)11-6-4-5-7-16-11/h4-7,12H,8-10,15H2,1-3H3. The number of aromatic nitrogens is 1. The highest BCUT2D eigenvalue weighted by Gasteiger charge is 2.43. The molecule has 0 radical (unpaired) electrons. The number of nitrogens with zero attached hydrogens (tertiary/aromatic N) is 3. The molecule has 1 aromatic rings. The van der Waals surface area contributed by atoms with Gasteiger partial charge in [-0.25, -0.2) is 0 Å². The molecule has 1 aliphatic heterocycles. The molecule has 1 saturated heterocycles. The topological polar surface area (TPSA) is 62.5 Å². The van der Waals surface area contributed by atoms with Crippen LogP contribution in [0.1, 0.15) is 25.6 Å². The number of pyridine rings is 1. The first-order valence-corrected chi connectivity index (χ1v) is 6.61. The fourth-order valence-corrected chi connectivity index (χ4v) is 2.75. The largest absolute Gasteiger partial charge is 0.343 e. The molecule has 0 aromatic carbocycles. The van der Waals surface area contributed by atoms with Crippen molar-refractivity contribution in [1.29, 1.82) is 0 Å². The smallest absolute Gasteiger partial charge is 0.242 e. The number of amides is 1. The van der Waals surface area contributed by atoms with E-state index < -0.39 is 5.54 Å². The van der Waals surface area contributed by atoms with Gasteiger partial charge in [-0.3, -0.25) is 14.7 Å². The van der Waals surface area contributed by atoms with E-state index in [-0.39, 0.29) is 11.9 Å². The Hall–Kier alpha value is -1.46. The van der Waals surface area contributed by atoms with E-state index in [2.05, 4.69) is 9.88 Å². The zero-order valence-electron chi connectivity index (χ0n) is 11.8. The van der Waals surface area contributed by atoms with Gasteiger partial charge in [0.2, 0.25) is 5.91 Å². The Labute approximate surface area is 114 Å². The second-order valence-corrected chi connectivity index (χ2v) is 5.49. The van der Waals surface area contributed by atoms with Crippen LogP contribution in [0.15, 0.2) is 24.4 Å². The molecule has 5 nitrogen and oxygen atoms in total. The van der Waals surface area contributed by atoms with Crippen LogP contribution in [0, 0.1) is 0 Å². The van der Waals surface area contributed by atoms with E-state index in [4.69, 9.17) is 5.73 Å². The molecule has 1 atom stereocenters. The van der Waals surface area contributed by atoms with Crippen molar-refractivity contribution in [1.82, 2.24) is 14.8 Å². The molecule has 0 aliphatic carbocycles. The van der Waals surface area contributed by atoms with Crippen LogP contribution >= 0.6 is 0 Å². The summed E-state index contributed by atoms with van der Waals surface area (Å²) >= 11 is 0. The van der Waals surface area contributed by atoms with Crippen LogP contribution in [0.3, 0.4) is 0 Å². The highest BCUT2D eigenvalue weighted by atomic mass is 16.2. The summed E-state index contributed by atoms with van der Waals surface area (Å²) in [5, 5.41) is 0. The number of hydrogen-bond donors (Lipinski definition) is 1. The number of nitrogens with two attached hydrogens (primary N) is 1. The van der Waals surface area contributed by atoms with Gasteiger partial charge >= 0.3 is 0 Å². The lowest BCUT2D eigenvalue weighted by Crippen LogP contribution is -2.63. The summed E-state index contributed by atoms with van der Waals surface area (Å²) in [7, 11) is 1.85. The van der Waals surface area contributed by atoms with Gasteiger partial charge in [0.25, 0.3) is 0 Å². The van der Waals surface area contributed by atoms with Gasteiger partial charge in [-0.2, -0.15) is 0 Å². The summed E-state index contributed by atoms with van der Waals surface area (Å²) in [5.74, 6) is 0.133. The van der Waals surface area contributed by atoms with E-state index in [0.717, 1.165) is 18.8 Å². The first-order valence-electron chi connectivity index (χ1n) is 6.61. The molecule has 0 saturated carbocycles. The van der Waals surface area contributed by atoms with Crippen molar-refractivity contribution >= 4 is 5.91 Å². The third-order valence-electron chi connectivity index (χ3n) is 3.89. The van der Waals surface area contributed by atoms with Gasteiger partial charge in [0.1, 0.15) is 0 Å². The second kappa shape index (κ2) is 5.27. The van der Waals surface area contributed by atoms with E-state index in [1.807, 2.05) is 39.1 Å². The molecule has 0 spiro atoms. The molecule has 1 fully saturated rings. The monoisotopic (exact) mass is 262 g/mol. The van der Waals surface area contributed by atoms with Crippen LogP contribution in [0.25, 0.3) is 0 Å². The molecule has 19 heavy (non-hydrogen) atoms. The highest BCUT2D eigenvalue weighted by Crippen LogP contribution is 2.30. The quantitative estimate of drug-likeness (QED) is 0.868. The van der Waals surface area contributed by atoms with Gasteiger partial charge in [-0.1, -0.05) is 6.07 Å². The molecule has 1 unspecified atom stereocenters. The number of hydrogen-bond acceptors (Lipinski definition) is 4. The molecule has 1 amide bonds. The number of carbonyl (C=O) groups is 1. The van der Waals surface area contributed by atoms with E-state index in [0.29, 0.717) is 6.54 Å². The van der Waals surface area contributed by atoms with Crippen molar-refractivity contribution in [2.45, 2.75) is 25.4 Å². The van der Waals surface area contributed by atoms with Gasteiger partial charge in [0.15, 0.2) is 0 Å². The van der Waals surface area contributed by atoms with Crippen molar-refractivity contribution in [3.05, 3.63) is 30.1 Å². The molecule has 2 N–H and O–H groups in total. The normalized spacial score (nSPS) is 21.5. The Morgan fingerprint density at radius 3 is 2.74 bits per heavy atom. The summed E-state index contributed by atoms with van der Waals surface area (Å²) in [6.07, 6.45) is 1.77. The SMILES string of the molecule is CN1CCN(C(CN)c2ccccn2)C(C)(C)C1=O. The summed E-state index contributed by atoms with van der Waals surface area (Å²) in [4.78, 5) is 20.7. The average molecular weight is 262 g/mol. The predicted molar refractivity (Wildman–Crippen MR) is 74.5 cm³/mol. The molecule has 2 heterocycles. The molecule has 0 bridgehead atoms. The fourth-order valence-electron chi connectivity index (χ4n) is 2.75. The molecule has 104 valence electrons. The lowest BCUT2D eigenvalue weighted by molar-refractivity contribution is -0.149. The summed E-state index contributed by atoms with van der Waals surface area (Å²) in [6.45, 7) is 5.91. The Balaban J connectivity index is 2.31. The lowest BCUT2D eigenvalue weighted by Gasteiger charge is -2.48. The van der Waals surface area contributed by atoms with Crippen LogP contribution in [-0.2, 0) is 4.79 Å². The van der Waals surface area contributed by atoms with E-state index in [9.17, 15) is 4.79 Å². The van der Waals surface area contributed by atoms with Crippen LogP contribution in [0.5, 0.6) is 0 Å². The first-order chi connectivity index (χ1) is 8.98. The summed E-state index contributed by atoms with van der Waals surface area (Å²) < 4.78 is 0. The molecule has 2 rings (SSSR count). The predicted octanol–water partition coefficient (Wildman–Crippen LogP) is 0.634. The van der Waals surface area contributed by atoms with E-state index >= 15 is 0 Å². The van der Waals surface area contributed by atoms with Gasteiger partial charge in [0, 0.05) is 32.9 Å². The molecular formula is C14H22N4O. The van der Waals surface area contributed by atoms with Crippen LogP contribution < -0.4 is 5.73 Å². The maximum atomic E-state index is 12.3. The summed E-state index contributed by atoms with van der Waals surface area (Å²) in [5.41, 5.74) is 6.31. The summed E-state index contributed by atoms with van der Waals surface area (Å²) in [6, 6.07) is 5.79. The van der Waals surface area contributed by atoms with Crippen LogP contribution in [0.4, 0.5) is 0 Å². The van der Waals surface area contributed by atoms with Crippen molar-refractivity contribution in [3.63, 3.8) is 0 Å². The van der Waals surface area contributed by atoms with Gasteiger partial charge in [0.05, 0.1) is 17.3 Å². The number of likely N-dealkylation sites (N-methyl/N-ethyl adjacent to an activating group) is 1. The maximum Gasteiger partial charge on any atom is 0.242 e. The second-order valence-electron chi connectivity index (χ2n) is 5.49. The highest BCUT2D eigenvalue weighted by molar-refractivity contribution is 5.86. The molecule has 1 aliphatic rings. The van der Waals surface area contributed by atoms with Crippen molar-refractivity contribution < 1.29 is 4.79 Å². The minimum absolute atomic E-state index is 0.0196. The van der Waals surface area contributed by atoms with E-state index in [1.165, 1.54) is 0 Å². The Morgan fingerprint density at radius 1 is 1.42 bits per heavy atom. The minimum Gasteiger partial charge on any atom is -0.343 e. The average Bonchev–Trinajstić information content (AvgIpc) is 2.41. The fraction of sp³-hybridized carbons (Fsp3) is 0.571. The minimum atomic E-state index is -0.547. The van der Waals surface area contributed by atoms with Crippen molar-refractivity contribution in [2.75, 3.05) is 26.7 Å². The van der Waals surface area contributed by atoms with Crippen molar-refractivity contribution in [3.8, 4) is 0 Å².